The van der Waals surface area contributed by atoms with E-state index in [2.05, 4.69) is 5.32 Å². The van der Waals surface area contributed by atoms with Crippen molar-refractivity contribution in [2.45, 2.75) is 26.2 Å². The molecule has 1 saturated heterocycles. The number of hydrogen-bond acceptors (Lipinski definition) is 4. The molecular formula is C14H20N2O3. The number of rotatable bonds is 4. The zero-order valence-electron chi connectivity index (χ0n) is 11.3. The standard InChI is InChI=1S/C14H20N2O3/c1-9(2)12(15)13(17)16-11-5-3-10(4-6-11)14-18-7-8-19-14/h3-6,9,12,14H,7-8,15H2,1-2H3,(H,16,17)/t12-/m0/s1. The van der Waals surface area contributed by atoms with Crippen molar-refractivity contribution in [3.05, 3.63) is 29.8 Å². The quantitative estimate of drug-likeness (QED) is 0.867. The van der Waals surface area contributed by atoms with E-state index in [-0.39, 0.29) is 18.1 Å². The van der Waals surface area contributed by atoms with E-state index in [1.807, 2.05) is 38.1 Å². The van der Waals surface area contributed by atoms with Crippen molar-refractivity contribution in [1.82, 2.24) is 0 Å². The van der Waals surface area contributed by atoms with Gasteiger partial charge in [0.2, 0.25) is 5.91 Å². The van der Waals surface area contributed by atoms with Gasteiger partial charge in [-0.1, -0.05) is 26.0 Å². The summed E-state index contributed by atoms with van der Waals surface area (Å²) in [5.41, 5.74) is 7.46. The smallest absolute Gasteiger partial charge is 0.241 e. The second-order valence-electron chi connectivity index (χ2n) is 4.95. The summed E-state index contributed by atoms with van der Waals surface area (Å²) in [6.07, 6.45) is -0.289. The molecule has 1 heterocycles. The van der Waals surface area contributed by atoms with Gasteiger partial charge in [0.15, 0.2) is 6.29 Å². The molecular weight excluding hydrogens is 244 g/mol. The molecule has 0 saturated carbocycles. The number of hydrogen-bond donors (Lipinski definition) is 2. The van der Waals surface area contributed by atoms with Crippen molar-refractivity contribution in [3.63, 3.8) is 0 Å². The Morgan fingerprint density at radius 1 is 1.26 bits per heavy atom. The molecule has 1 fully saturated rings. The van der Waals surface area contributed by atoms with Crippen LogP contribution in [0, 0.1) is 5.92 Å². The number of carbonyl (C=O) groups is 1. The van der Waals surface area contributed by atoms with E-state index < -0.39 is 6.04 Å². The number of ether oxygens (including phenoxy) is 2. The molecule has 1 aromatic rings. The minimum absolute atomic E-state index is 0.111. The normalized spacial score (nSPS) is 17.7. The molecule has 1 aliphatic heterocycles. The number of carbonyl (C=O) groups excluding carboxylic acids is 1. The Balaban J connectivity index is 1.96. The van der Waals surface area contributed by atoms with Gasteiger partial charge in [-0.15, -0.1) is 0 Å². The first-order valence-electron chi connectivity index (χ1n) is 6.47. The average molecular weight is 264 g/mol. The summed E-state index contributed by atoms with van der Waals surface area (Å²) in [7, 11) is 0. The molecule has 2 rings (SSSR count). The van der Waals surface area contributed by atoms with Gasteiger partial charge in [0.05, 0.1) is 19.3 Å². The maximum atomic E-state index is 11.8. The van der Waals surface area contributed by atoms with Crippen molar-refractivity contribution >= 4 is 11.6 Å². The summed E-state index contributed by atoms with van der Waals surface area (Å²) in [5, 5.41) is 2.80. The summed E-state index contributed by atoms with van der Waals surface area (Å²) in [6, 6.07) is 6.91. The predicted octanol–water partition coefficient (Wildman–Crippen LogP) is 1.65. The minimum Gasteiger partial charge on any atom is -0.346 e. The summed E-state index contributed by atoms with van der Waals surface area (Å²) in [5.74, 6) is -0.0596. The first kappa shape index (κ1) is 14.0. The molecule has 1 atom stereocenters. The van der Waals surface area contributed by atoms with Crippen molar-refractivity contribution in [1.29, 1.82) is 0 Å². The van der Waals surface area contributed by atoms with Crippen LogP contribution in [-0.4, -0.2) is 25.2 Å². The fraction of sp³-hybridized carbons (Fsp3) is 0.500. The van der Waals surface area contributed by atoms with Crippen LogP contribution in [-0.2, 0) is 14.3 Å². The lowest BCUT2D eigenvalue weighted by Crippen LogP contribution is -2.39. The van der Waals surface area contributed by atoms with Gasteiger partial charge in [-0.2, -0.15) is 0 Å². The molecule has 0 radical (unpaired) electrons. The van der Waals surface area contributed by atoms with Crippen LogP contribution in [0.1, 0.15) is 25.7 Å². The Labute approximate surface area is 113 Å². The third kappa shape index (κ3) is 3.53. The van der Waals surface area contributed by atoms with Gasteiger partial charge in [-0.25, -0.2) is 0 Å². The van der Waals surface area contributed by atoms with E-state index in [4.69, 9.17) is 15.2 Å². The topological polar surface area (TPSA) is 73.6 Å². The van der Waals surface area contributed by atoms with Crippen LogP contribution in [0.2, 0.25) is 0 Å². The fourth-order valence-electron chi connectivity index (χ4n) is 1.80. The van der Waals surface area contributed by atoms with Gasteiger partial charge in [0.1, 0.15) is 0 Å². The maximum Gasteiger partial charge on any atom is 0.241 e. The van der Waals surface area contributed by atoms with Crippen molar-refractivity contribution in [2.75, 3.05) is 18.5 Å². The van der Waals surface area contributed by atoms with Crippen LogP contribution in [0.4, 0.5) is 5.69 Å². The van der Waals surface area contributed by atoms with Crippen LogP contribution in [0.15, 0.2) is 24.3 Å². The number of nitrogens with one attached hydrogen (secondary N) is 1. The molecule has 0 unspecified atom stereocenters. The summed E-state index contributed by atoms with van der Waals surface area (Å²) in [4.78, 5) is 11.8. The van der Waals surface area contributed by atoms with Gasteiger partial charge in [0, 0.05) is 11.3 Å². The SMILES string of the molecule is CC(C)[C@H](N)C(=O)Nc1ccc(C2OCCO2)cc1. The van der Waals surface area contributed by atoms with Crippen molar-refractivity contribution in [3.8, 4) is 0 Å². The molecule has 19 heavy (non-hydrogen) atoms. The highest BCUT2D eigenvalue weighted by Gasteiger charge is 2.19. The Hall–Kier alpha value is -1.43. The molecule has 0 bridgehead atoms. The molecule has 1 aliphatic rings. The summed E-state index contributed by atoms with van der Waals surface area (Å²) >= 11 is 0. The minimum atomic E-state index is -0.499. The number of amides is 1. The van der Waals surface area contributed by atoms with Crippen molar-refractivity contribution in [2.24, 2.45) is 11.7 Å². The van der Waals surface area contributed by atoms with Crippen LogP contribution < -0.4 is 11.1 Å². The molecule has 0 spiro atoms. The third-order valence-electron chi connectivity index (χ3n) is 3.09. The van der Waals surface area contributed by atoms with Gasteiger partial charge in [-0.05, 0) is 18.1 Å². The number of benzene rings is 1. The first-order chi connectivity index (χ1) is 9.08. The van der Waals surface area contributed by atoms with Gasteiger partial charge < -0.3 is 20.5 Å². The highest BCUT2D eigenvalue weighted by atomic mass is 16.7. The van der Waals surface area contributed by atoms with Gasteiger partial charge in [0.25, 0.3) is 0 Å². The second-order valence-corrected chi connectivity index (χ2v) is 4.95. The van der Waals surface area contributed by atoms with E-state index in [0.717, 1.165) is 11.3 Å². The zero-order chi connectivity index (χ0) is 13.8. The molecule has 104 valence electrons. The van der Waals surface area contributed by atoms with E-state index in [1.165, 1.54) is 0 Å². The predicted molar refractivity (Wildman–Crippen MR) is 72.5 cm³/mol. The molecule has 1 aromatic carbocycles. The van der Waals surface area contributed by atoms with Gasteiger partial charge >= 0.3 is 0 Å². The van der Waals surface area contributed by atoms with Gasteiger partial charge in [-0.3, -0.25) is 4.79 Å². The maximum absolute atomic E-state index is 11.8. The summed E-state index contributed by atoms with van der Waals surface area (Å²) in [6.45, 7) is 5.07. The van der Waals surface area contributed by atoms with E-state index in [1.54, 1.807) is 0 Å². The highest BCUT2D eigenvalue weighted by molar-refractivity contribution is 5.94. The monoisotopic (exact) mass is 264 g/mol. The molecule has 5 nitrogen and oxygen atoms in total. The van der Waals surface area contributed by atoms with Crippen LogP contribution >= 0.6 is 0 Å². The second kappa shape index (κ2) is 6.14. The Morgan fingerprint density at radius 3 is 2.37 bits per heavy atom. The third-order valence-corrected chi connectivity index (χ3v) is 3.09. The van der Waals surface area contributed by atoms with Crippen molar-refractivity contribution < 1.29 is 14.3 Å². The lowest BCUT2D eigenvalue weighted by Gasteiger charge is -2.16. The lowest BCUT2D eigenvalue weighted by molar-refractivity contribution is -0.118. The van der Waals surface area contributed by atoms with E-state index >= 15 is 0 Å². The average Bonchev–Trinajstić information content (AvgIpc) is 2.92. The summed E-state index contributed by atoms with van der Waals surface area (Å²) < 4.78 is 10.8. The Kier molecular flexibility index (Phi) is 4.52. The fourth-order valence-corrected chi connectivity index (χ4v) is 1.80. The number of anilines is 1. The zero-order valence-corrected chi connectivity index (χ0v) is 11.3. The first-order valence-corrected chi connectivity index (χ1v) is 6.47. The van der Waals surface area contributed by atoms with E-state index in [0.29, 0.717) is 13.2 Å². The molecule has 0 aliphatic carbocycles. The van der Waals surface area contributed by atoms with E-state index in [9.17, 15) is 4.79 Å². The van der Waals surface area contributed by atoms with Crippen LogP contribution in [0.5, 0.6) is 0 Å². The van der Waals surface area contributed by atoms with Crippen LogP contribution in [0.3, 0.4) is 0 Å². The Bertz CT molecular complexity index is 425. The number of nitrogens with two attached hydrogens (primary N) is 1. The highest BCUT2D eigenvalue weighted by Crippen LogP contribution is 2.24. The largest absolute Gasteiger partial charge is 0.346 e. The molecule has 0 aromatic heterocycles. The molecule has 5 heteroatoms. The lowest BCUT2D eigenvalue weighted by atomic mass is 10.0. The molecule has 1 amide bonds. The molecule has 3 N–H and O–H groups in total. The van der Waals surface area contributed by atoms with Crippen LogP contribution in [0.25, 0.3) is 0 Å². The Morgan fingerprint density at radius 2 is 1.84 bits per heavy atom.